The van der Waals surface area contributed by atoms with Crippen LogP contribution < -0.4 is 98.1 Å². The quantitative estimate of drug-likeness (QED) is 0.0883. The van der Waals surface area contributed by atoms with E-state index in [1.807, 2.05) is 0 Å². The standard InChI is InChI=1S/C34H25ClN4O13S3.3Na/c1-51-27-12-17(7-9-24(27)36-38-26-16-29(54(45,46)47)21-5-3-4-6-22(21)33(26)40)18-8-10-25(28(13-18)52-2)37-39-32-30(55(48,49)50)14-19-11-20(53(42,43)44)15-23(35)31(19)34(32)41;;;/h3-16,40-41H,1-2H3,(H,42,43,44)(H,45,46,47)(H,48,49,50);;;/q;3*+1/p-3. The molecule has 6 aromatic rings. The number of halogens is 1. The number of benzene rings is 6. The van der Waals surface area contributed by atoms with Crippen LogP contribution in [0.3, 0.4) is 0 Å². The van der Waals surface area contributed by atoms with E-state index in [4.69, 9.17) is 21.1 Å². The second-order valence-electron chi connectivity index (χ2n) is 11.4. The van der Waals surface area contributed by atoms with E-state index in [-0.39, 0.29) is 139 Å². The maximum atomic E-state index is 12.2. The van der Waals surface area contributed by atoms with Crippen LogP contribution in [0.2, 0.25) is 5.02 Å². The Bertz CT molecular complexity index is 2990. The largest absolute Gasteiger partial charge is 1.00 e. The first-order valence-corrected chi connectivity index (χ1v) is 19.7. The second kappa shape index (κ2) is 19.3. The fourth-order valence-electron chi connectivity index (χ4n) is 5.53. The van der Waals surface area contributed by atoms with Crippen molar-refractivity contribution < 1.29 is 147 Å². The van der Waals surface area contributed by atoms with Crippen molar-refractivity contribution in [3.8, 4) is 34.1 Å². The van der Waals surface area contributed by atoms with Crippen molar-refractivity contribution >= 4 is 86.2 Å². The van der Waals surface area contributed by atoms with Crippen molar-refractivity contribution in [1.29, 1.82) is 0 Å². The molecule has 0 heterocycles. The molecule has 0 spiro atoms. The molecule has 0 atom stereocenters. The van der Waals surface area contributed by atoms with Gasteiger partial charge in [0.05, 0.1) is 33.9 Å². The summed E-state index contributed by atoms with van der Waals surface area (Å²) < 4.78 is 118. The summed E-state index contributed by atoms with van der Waals surface area (Å²) in [6, 6.07) is 18.2. The number of hydrogen-bond donors (Lipinski definition) is 2. The molecule has 0 aliphatic rings. The molecule has 0 radical (unpaired) electrons. The van der Waals surface area contributed by atoms with Gasteiger partial charge in [0.25, 0.3) is 0 Å². The van der Waals surface area contributed by atoms with E-state index < -0.39 is 67.2 Å². The first kappa shape index (κ1) is 49.6. The molecule has 0 aliphatic heterocycles. The Morgan fingerprint density at radius 2 is 1.07 bits per heavy atom. The molecule has 0 saturated heterocycles. The molecule has 24 heteroatoms. The summed E-state index contributed by atoms with van der Waals surface area (Å²) in [5, 5.41) is 36.6. The van der Waals surface area contributed by atoms with Gasteiger partial charge in [-0.2, -0.15) is 0 Å². The molecule has 6 rings (SSSR count). The van der Waals surface area contributed by atoms with Gasteiger partial charge in [-0.3, -0.25) is 0 Å². The molecule has 0 unspecified atom stereocenters. The van der Waals surface area contributed by atoms with Gasteiger partial charge in [0.2, 0.25) is 0 Å². The first-order chi connectivity index (χ1) is 25.8. The van der Waals surface area contributed by atoms with Crippen LogP contribution in [0.4, 0.5) is 22.7 Å². The molecule has 6 aromatic carbocycles. The van der Waals surface area contributed by atoms with E-state index in [1.165, 1.54) is 50.6 Å². The summed E-state index contributed by atoms with van der Waals surface area (Å²) in [5.41, 5.74) is 0.150. The van der Waals surface area contributed by atoms with Crippen LogP contribution in [-0.4, -0.2) is 63.3 Å². The van der Waals surface area contributed by atoms with Crippen LogP contribution in [0.15, 0.2) is 120 Å². The van der Waals surface area contributed by atoms with Crippen molar-refractivity contribution in [1.82, 2.24) is 0 Å². The Hall–Kier alpha value is -2.74. The van der Waals surface area contributed by atoms with Crippen molar-refractivity contribution in [2.45, 2.75) is 14.7 Å². The minimum Gasteiger partial charge on any atom is -0.744 e. The molecule has 17 nitrogen and oxygen atoms in total. The fraction of sp³-hybridized carbons (Fsp3) is 0.0588. The van der Waals surface area contributed by atoms with E-state index in [0.29, 0.717) is 17.2 Å². The smallest absolute Gasteiger partial charge is 0.744 e. The Balaban J connectivity index is 0.00000300. The Morgan fingerprint density at radius 1 is 0.569 bits per heavy atom. The van der Waals surface area contributed by atoms with Crippen molar-refractivity contribution in [2.24, 2.45) is 20.5 Å². The van der Waals surface area contributed by atoms with Gasteiger partial charge >= 0.3 is 88.7 Å². The fourth-order valence-corrected chi connectivity index (χ4v) is 7.79. The molecule has 0 saturated carbocycles. The van der Waals surface area contributed by atoms with Crippen molar-refractivity contribution in [2.75, 3.05) is 14.2 Å². The summed E-state index contributed by atoms with van der Waals surface area (Å²) in [4.78, 5) is -2.49. The number of rotatable bonds is 10. The van der Waals surface area contributed by atoms with Crippen LogP contribution >= 0.6 is 11.6 Å². The molecule has 2 N–H and O–H groups in total. The Labute approximate surface area is 402 Å². The number of azo groups is 2. The predicted molar refractivity (Wildman–Crippen MR) is 193 cm³/mol. The van der Waals surface area contributed by atoms with Gasteiger partial charge in [0, 0.05) is 16.2 Å². The summed E-state index contributed by atoms with van der Waals surface area (Å²) in [6.45, 7) is 0. The number of hydrogen-bond acceptors (Lipinski definition) is 17. The zero-order chi connectivity index (χ0) is 40.0. The van der Waals surface area contributed by atoms with Crippen LogP contribution in [0.25, 0.3) is 32.7 Å². The van der Waals surface area contributed by atoms with Gasteiger partial charge in [0.15, 0.2) is 11.5 Å². The number of phenolic OH excluding ortho intramolecular Hbond substituents is 2. The summed E-state index contributed by atoms with van der Waals surface area (Å²) >= 11 is 6.13. The molecule has 284 valence electrons. The molecule has 58 heavy (non-hydrogen) atoms. The van der Waals surface area contributed by atoms with Crippen molar-refractivity contribution in [3.63, 3.8) is 0 Å². The van der Waals surface area contributed by atoms with Crippen LogP contribution in [0.1, 0.15) is 0 Å². The average molecular weight is 895 g/mol. The monoisotopic (exact) mass is 894 g/mol. The predicted octanol–water partition coefficient (Wildman–Crippen LogP) is -1.70. The zero-order valence-corrected chi connectivity index (χ0v) is 40.1. The topological polar surface area (TPSA) is 280 Å². The molecular weight excluding hydrogens is 873 g/mol. The molecule has 0 bridgehead atoms. The third-order valence-electron chi connectivity index (χ3n) is 8.08. The number of nitrogens with zero attached hydrogens (tertiary/aromatic N) is 4. The maximum absolute atomic E-state index is 12.2. The van der Waals surface area contributed by atoms with Gasteiger partial charge in [-0.1, -0.05) is 48.0 Å². The number of phenols is 2. The molecule has 0 fully saturated rings. The number of ether oxygens (including phenoxy) is 2. The molecule has 0 amide bonds. The van der Waals surface area contributed by atoms with Crippen LogP contribution in [0, 0.1) is 0 Å². The van der Waals surface area contributed by atoms with Crippen molar-refractivity contribution in [3.05, 3.63) is 90.0 Å². The van der Waals surface area contributed by atoms with E-state index in [1.54, 1.807) is 24.3 Å². The van der Waals surface area contributed by atoms with Crippen LogP contribution in [-0.2, 0) is 30.4 Å². The van der Waals surface area contributed by atoms with Gasteiger partial charge in [0.1, 0.15) is 64.6 Å². The Kier molecular flexibility index (Phi) is 16.5. The molecule has 0 aliphatic carbocycles. The summed E-state index contributed by atoms with van der Waals surface area (Å²) in [6.07, 6.45) is 0. The van der Waals surface area contributed by atoms with Crippen LogP contribution in [0.5, 0.6) is 23.0 Å². The van der Waals surface area contributed by atoms with E-state index in [2.05, 4.69) is 20.5 Å². The summed E-state index contributed by atoms with van der Waals surface area (Å²) in [5.74, 6) is -1.04. The van der Waals surface area contributed by atoms with E-state index >= 15 is 0 Å². The Morgan fingerprint density at radius 3 is 1.57 bits per heavy atom. The normalized spacial score (nSPS) is 12.0. The second-order valence-corrected chi connectivity index (χ2v) is 15.9. The summed E-state index contributed by atoms with van der Waals surface area (Å²) in [7, 11) is -12.7. The van der Waals surface area contributed by atoms with Gasteiger partial charge in [-0.15, -0.1) is 20.5 Å². The number of aromatic hydroxyl groups is 2. The average Bonchev–Trinajstić information content (AvgIpc) is 3.12. The SMILES string of the molecule is COc1cc(-c2ccc(N=Nc3c(S(=O)(=O)[O-])cc4cc(S(=O)(=O)[O-])cc(Cl)c4c3O)c(OC)c2)ccc1N=Nc1cc(S(=O)(=O)[O-])c2ccccc2c1O.[Na+].[Na+].[Na+]. The van der Waals surface area contributed by atoms with Gasteiger partial charge in [-0.25, -0.2) is 25.3 Å². The number of methoxy groups -OCH3 is 2. The van der Waals surface area contributed by atoms with Gasteiger partial charge in [-0.05, 0) is 65.0 Å². The maximum Gasteiger partial charge on any atom is 1.00 e. The minimum absolute atomic E-state index is 0. The first-order valence-electron chi connectivity index (χ1n) is 15.1. The van der Waals surface area contributed by atoms with E-state index in [9.17, 15) is 49.1 Å². The van der Waals surface area contributed by atoms with Gasteiger partial charge < -0.3 is 33.3 Å². The van der Waals surface area contributed by atoms with E-state index in [0.717, 1.165) is 18.2 Å². The third kappa shape index (κ3) is 10.4. The molecule has 0 aromatic heterocycles. The minimum atomic E-state index is -5.36. The molecular formula is C34H22ClN4Na3O13S3. The number of fused-ring (bicyclic) bond motifs is 2. The third-order valence-corrected chi connectivity index (χ3v) is 10.9. The zero-order valence-electron chi connectivity index (χ0n) is 30.9.